The molecule has 140 valence electrons. The summed E-state index contributed by atoms with van der Waals surface area (Å²) in [6.45, 7) is 7.32. The van der Waals surface area contributed by atoms with Crippen LogP contribution in [-0.4, -0.2) is 64.2 Å². The Labute approximate surface area is 147 Å². The number of aliphatic imine (C=N–C) groups is 1. The number of rotatable bonds is 9. The fraction of sp³-hybridized carbons (Fsp3) is 0.889. The highest BCUT2D eigenvalue weighted by Gasteiger charge is 2.42. The van der Waals surface area contributed by atoms with Gasteiger partial charge in [0.1, 0.15) is 0 Å². The minimum absolute atomic E-state index is 0.227. The molecule has 0 unspecified atom stereocenters. The quantitative estimate of drug-likeness (QED) is 0.382. The standard InChI is InChI=1S/C18H36N4O2/c1-15(2)13-24-12-8-11-20-17(19-3)21-14-18(9-6-7-10-18)16(23)22(4)5/h15H,6-14H2,1-5H3,(H2,19,20,21). The number of carbonyl (C=O) groups excluding carboxylic acids is 1. The zero-order valence-corrected chi connectivity index (χ0v) is 16.2. The maximum absolute atomic E-state index is 12.6. The van der Waals surface area contributed by atoms with Crippen molar-refractivity contribution in [3.05, 3.63) is 0 Å². The van der Waals surface area contributed by atoms with Gasteiger partial charge in [0.2, 0.25) is 5.91 Å². The molecule has 0 saturated heterocycles. The van der Waals surface area contributed by atoms with Gasteiger partial charge in [0.25, 0.3) is 0 Å². The number of guanidine groups is 1. The zero-order valence-electron chi connectivity index (χ0n) is 16.2. The van der Waals surface area contributed by atoms with Crippen LogP contribution in [0.4, 0.5) is 0 Å². The highest BCUT2D eigenvalue weighted by molar-refractivity contribution is 5.85. The first kappa shape index (κ1) is 20.7. The predicted molar refractivity (Wildman–Crippen MR) is 99.2 cm³/mol. The largest absolute Gasteiger partial charge is 0.381 e. The lowest BCUT2D eigenvalue weighted by Gasteiger charge is -2.31. The number of nitrogens with one attached hydrogen (secondary N) is 2. The van der Waals surface area contributed by atoms with Crippen molar-refractivity contribution in [2.75, 3.05) is 47.4 Å². The summed E-state index contributed by atoms with van der Waals surface area (Å²) in [7, 11) is 5.44. The molecule has 0 aromatic carbocycles. The Morgan fingerprint density at radius 2 is 1.92 bits per heavy atom. The number of nitrogens with zero attached hydrogens (tertiary/aromatic N) is 2. The number of ether oxygens (including phenoxy) is 1. The molecule has 1 fully saturated rings. The molecule has 6 heteroatoms. The van der Waals surface area contributed by atoms with Gasteiger partial charge in [-0.15, -0.1) is 0 Å². The van der Waals surface area contributed by atoms with Gasteiger partial charge in [-0.1, -0.05) is 26.7 Å². The van der Waals surface area contributed by atoms with Crippen LogP contribution < -0.4 is 10.6 Å². The second kappa shape index (κ2) is 10.5. The Morgan fingerprint density at radius 1 is 1.25 bits per heavy atom. The second-order valence-corrected chi connectivity index (χ2v) is 7.36. The SMILES string of the molecule is CN=C(NCCCOCC(C)C)NCC1(C(=O)N(C)C)CCCC1. The van der Waals surface area contributed by atoms with Gasteiger partial charge in [-0.3, -0.25) is 9.79 Å². The third-order valence-electron chi connectivity index (χ3n) is 4.45. The van der Waals surface area contributed by atoms with Gasteiger partial charge in [-0.2, -0.15) is 0 Å². The minimum atomic E-state index is -0.276. The summed E-state index contributed by atoms with van der Waals surface area (Å²) < 4.78 is 5.58. The second-order valence-electron chi connectivity index (χ2n) is 7.36. The molecule has 0 radical (unpaired) electrons. The summed E-state index contributed by atoms with van der Waals surface area (Å²) in [5.41, 5.74) is -0.276. The van der Waals surface area contributed by atoms with Gasteiger partial charge in [0, 0.05) is 47.4 Å². The number of hydrogen-bond acceptors (Lipinski definition) is 3. The lowest BCUT2D eigenvalue weighted by molar-refractivity contribution is -0.138. The molecule has 0 atom stereocenters. The van der Waals surface area contributed by atoms with Crippen molar-refractivity contribution in [1.82, 2.24) is 15.5 Å². The Hall–Kier alpha value is -1.30. The Bertz CT molecular complexity index is 402. The van der Waals surface area contributed by atoms with Crippen molar-refractivity contribution >= 4 is 11.9 Å². The van der Waals surface area contributed by atoms with E-state index in [-0.39, 0.29) is 11.3 Å². The van der Waals surface area contributed by atoms with E-state index in [1.165, 1.54) is 0 Å². The van der Waals surface area contributed by atoms with Crippen LogP contribution in [0.2, 0.25) is 0 Å². The topological polar surface area (TPSA) is 66.0 Å². The molecule has 0 aliphatic heterocycles. The number of amides is 1. The fourth-order valence-electron chi connectivity index (χ4n) is 3.17. The van der Waals surface area contributed by atoms with Crippen molar-refractivity contribution < 1.29 is 9.53 Å². The number of carbonyl (C=O) groups is 1. The lowest BCUT2D eigenvalue weighted by Crippen LogP contribution is -2.49. The summed E-state index contributed by atoms with van der Waals surface area (Å²) >= 11 is 0. The zero-order chi connectivity index (χ0) is 18.0. The van der Waals surface area contributed by atoms with E-state index in [0.717, 1.165) is 57.8 Å². The fourth-order valence-corrected chi connectivity index (χ4v) is 3.17. The number of hydrogen-bond donors (Lipinski definition) is 2. The molecule has 0 heterocycles. The van der Waals surface area contributed by atoms with E-state index in [1.54, 1.807) is 11.9 Å². The normalized spacial score (nSPS) is 17.2. The maximum atomic E-state index is 12.6. The molecule has 0 aromatic rings. The van der Waals surface area contributed by atoms with Crippen LogP contribution in [0.5, 0.6) is 0 Å². The van der Waals surface area contributed by atoms with Crippen LogP contribution in [0, 0.1) is 11.3 Å². The van der Waals surface area contributed by atoms with Crippen molar-refractivity contribution in [3.63, 3.8) is 0 Å². The third kappa shape index (κ3) is 6.67. The van der Waals surface area contributed by atoms with Crippen LogP contribution in [0.3, 0.4) is 0 Å². The average molecular weight is 341 g/mol. The van der Waals surface area contributed by atoms with Gasteiger partial charge >= 0.3 is 0 Å². The molecule has 24 heavy (non-hydrogen) atoms. The van der Waals surface area contributed by atoms with E-state index >= 15 is 0 Å². The van der Waals surface area contributed by atoms with Crippen LogP contribution >= 0.6 is 0 Å². The Kier molecular flexibility index (Phi) is 9.11. The van der Waals surface area contributed by atoms with E-state index < -0.39 is 0 Å². The van der Waals surface area contributed by atoms with Gasteiger partial charge in [0.15, 0.2) is 5.96 Å². The maximum Gasteiger partial charge on any atom is 0.230 e. The lowest BCUT2D eigenvalue weighted by atomic mass is 9.84. The molecule has 0 spiro atoms. The van der Waals surface area contributed by atoms with E-state index in [2.05, 4.69) is 29.5 Å². The van der Waals surface area contributed by atoms with Crippen molar-refractivity contribution in [2.45, 2.75) is 46.0 Å². The molecular weight excluding hydrogens is 304 g/mol. The highest BCUT2D eigenvalue weighted by atomic mass is 16.5. The van der Waals surface area contributed by atoms with Gasteiger partial charge in [-0.25, -0.2) is 0 Å². The van der Waals surface area contributed by atoms with Crippen LogP contribution in [-0.2, 0) is 9.53 Å². The van der Waals surface area contributed by atoms with Gasteiger partial charge in [-0.05, 0) is 25.2 Å². The smallest absolute Gasteiger partial charge is 0.230 e. The van der Waals surface area contributed by atoms with Crippen molar-refractivity contribution in [3.8, 4) is 0 Å². The molecule has 1 rings (SSSR count). The first-order valence-electron chi connectivity index (χ1n) is 9.15. The summed E-state index contributed by atoms with van der Waals surface area (Å²) in [6, 6.07) is 0. The van der Waals surface area contributed by atoms with Crippen molar-refractivity contribution in [2.24, 2.45) is 16.3 Å². The Morgan fingerprint density at radius 3 is 2.46 bits per heavy atom. The molecule has 1 aliphatic rings. The molecule has 1 saturated carbocycles. The average Bonchev–Trinajstić information content (AvgIpc) is 3.02. The van der Waals surface area contributed by atoms with Gasteiger partial charge in [0.05, 0.1) is 5.41 Å². The Balaban J connectivity index is 2.35. The van der Waals surface area contributed by atoms with Crippen LogP contribution in [0.1, 0.15) is 46.0 Å². The first-order valence-corrected chi connectivity index (χ1v) is 9.15. The van der Waals surface area contributed by atoms with E-state index in [1.807, 2.05) is 14.1 Å². The summed E-state index contributed by atoms with van der Waals surface area (Å²) in [5.74, 6) is 1.56. The van der Waals surface area contributed by atoms with E-state index in [9.17, 15) is 4.79 Å². The highest BCUT2D eigenvalue weighted by Crippen LogP contribution is 2.38. The van der Waals surface area contributed by atoms with Crippen molar-refractivity contribution in [1.29, 1.82) is 0 Å². The van der Waals surface area contributed by atoms with Crippen LogP contribution in [0.15, 0.2) is 4.99 Å². The first-order chi connectivity index (χ1) is 11.4. The summed E-state index contributed by atoms with van der Waals surface area (Å²) in [6.07, 6.45) is 5.10. The minimum Gasteiger partial charge on any atom is -0.381 e. The monoisotopic (exact) mass is 340 g/mol. The molecule has 6 nitrogen and oxygen atoms in total. The molecule has 0 aromatic heterocycles. The van der Waals surface area contributed by atoms with Crippen LogP contribution in [0.25, 0.3) is 0 Å². The van der Waals surface area contributed by atoms with E-state index in [4.69, 9.17) is 4.74 Å². The van der Waals surface area contributed by atoms with Gasteiger partial charge < -0.3 is 20.3 Å². The van der Waals surface area contributed by atoms with E-state index in [0.29, 0.717) is 12.5 Å². The molecular formula is C18H36N4O2. The third-order valence-corrected chi connectivity index (χ3v) is 4.45. The summed E-state index contributed by atoms with van der Waals surface area (Å²) in [5, 5.41) is 6.65. The molecule has 1 amide bonds. The molecule has 2 N–H and O–H groups in total. The molecule has 0 bridgehead atoms. The predicted octanol–water partition coefficient (Wildman–Crippen LogP) is 1.86. The summed E-state index contributed by atoms with van der Waals surface area (Å²) in [4.78, 5) is 18.5. The molecule has 1 aliphatic carbocycles.